The monoisotopic (exact) mass is 421 g/mol. The molecule has 0 spiro atoms. The van der Waals surface area contributed by atoms with Crippen LogP contribution in [0.15, 0.2) is 61.2 Å². The summed E-state index contributed by atoms with van der Waals surface area (Å²) in [6, 6.07) is 15.0. The number of esters is 1. The lowest BCUT2D eigenvalue weighted by molar-refractivity contribution is -0.123. The van der Waals surface area contributed by atoms with Crippen molar-refractivity contribution in [3.8, 4) is 6.07 Å². The number of ether oxygens (including phenoxy) is 2. The molecule has 0 bridgehead atoms. The molecule has 0 aliphatic rings. The van der Waals surface area contributed by atoms with Crippen LogP contribution in [0.5, 0.6) is 0 Å². The number of amides is 1. The maximum Gasteiger partial charge on any atom is 0.338 e. The van der Waals surface area contributed by atoms with Crippen molar-refractivity contribution < 1.29 is 19.1 Å². The highest BCUT2D eigenvalue weighted by Crippen LogP contribution is 2.09. The van der Waals surface area contributed by atoms with Crippen LogP contribution in [0, 0.1) is 18.3 Å². The van der Waals surface area contributed by atoms with Crippen molar-refractivity contribution in [1.29, 1.82) is 5.26 Å². The lowest BCUT2D eigenvalue weighted by Crippen LogP contribution is -2.47. The largest absolute Gasteiger partial charge is 0.458 e. The lowest BCUT2D eigenvalue weighted by atomic mass is 10.0. The van der Waals surface area contributed by atoms with Crippen molar-refractivity contribution >= 4 is 11.9 Å². The van der Waals surface area contributed by atoms with E-state index in [2.05, 4.69) is 11.9 Å². The van der Waals surface area contributed by atoms with Gasteiger partial charge in [-0.05, 0) is 36.6 Å². The van der Waals surface area contributed by atoms with Crippen LogP contribution < -0.4 is 11.1 Å². The summed E-state index contributed by atoms with van der Waals surface area (Å²) in [5.74, 6) is -0.866. The predicted molar refractivity (Wildman–Crippen MR) is 117 cm³/mol. The van der Waals surface area contributed by atoms with Crippen molar-refractivity contribution in [2.24, 2.45) is 5.73 Å². The van der Waals surface area contributed by atoms with E-state index in [1.165, 1.54) is 6.08 Å². The molecule has 2 aromatic rings. The normalized spacial score (nSPS) is 12.3. The summed E-state index contributed by atoms with van der Waals surface area (Å²) in [6.07, 6.45) is 1.87. The van der Waals surface area contributed by atoms with Crippen molar-refractivity contribution in [1.82, 2.24) is 5.32 Å². The predicted octanol–water partition coefficient (Wildman–Crippen LogP) is 2.43. The van der Waals surface area contributed by atoms with E-state index in [0.29, 0.717) is 12.0 Å². The standard InChI is InChI=1S/C24H27N3O4/c1-3-10-31-24(29)20-9-5-8-19(12-20)15-30-16-21(14-25)27-23(28)22(26)13-18-7-4-6-17(2)11-18/h3-9,11-12,21-22H,1,10,13,15-16,26H2,2H3,(H,27,28). The number of carbonyl (C=O) groups excluding carboxylic acids is 2. The molecular formula is C24H27N3O4. The smallest absolute Gasteiger partial charge is 0.338 e. The van der Waals surface area contributed by atoms with Gasteiger partial charge in [0.25, 0.3) is 0 Å². The summed E-state index contributed by atoms with van der Waals surface area (Å²) in [6.45, 7) is 5.77. The number of hydrogen-bond acceptors (Lipinski definition) is 6. The minimum atomic E-state index is -0.836. The van der Waals surface area contributed by atoms with E-state index in [1.54, 1.807) is 24.3 Å². The molecule has 3 N–H and O–H groups in total. The molecule has 0 saturated carbocycles. The highest BCUT2D eigenvalue weighted by Gasteiger charge is 2.18. The number of hydrogen-bond donors (Lipinski definition) is 2. The van der Waals surface area contributed by atoms with Gasteiger partial charge in [-0.3, -0.25) is 4.79 Å². The van der Waals surface area contributed by atoms with Crippen LogP contribution >= 0.6 is 0 Å². The van der Waals surface area contributed by atoms with Gasteiger partial charge in [0.05, 0.1) is 30.9 Å². The van der Waals surface area contributed by atoms with Crippen molar-refractivity contribution in [3.63, 3.8) is 0 Å². The van der Waals surface area contributed by atoms with Gasteiger partial charge in [-0.1, -0.05) is 54.6 Å². The molecule has 0 aliphatic heterocycles. The lowest BCUT2D eigenvalue weighted by Gasteiger charge is -2.16. The second kappa shape index (κ2) is 12.3. The summed E-state index contributed by atoms with van der Waals surface area (Å²) in [5.41, 5.74) is 9.18. The maximum absolute atomic E-state index is 12.3. The zero-order valence-corrected chi connectivity index (χ0v) is 17.5. The number of carbonyl (C=O) groups is 2. The second-order valence-corrected chi connectivity index (χ2v) is 7.09. The molecule has 0 fully saturated rings. The molecule has 162 valence electrons. The Hall–Kier alpha value is -3.47. The highest BCUT2D eigenvalue weighted by molar-refractivity contribution is 5.89. The Bertz CT molecular complexity index is 952. The van der Waals surface area contributed by atoms with Crippen molar-refractivity contribution in [3.05, 3.63) is 83.4 Å². The first-order valence-electron chi connectivity index (χ1n) is 9.88. The minimum absolute atomic E-state index is 0.00938. The van der Waals surface area contributed by atoms with Crippen molar-refractivity contribution in [2.45, 2.75) is 32.0 Å². The highest BCUT2D eigenvalue weighted by atomic mass is 16.5. The summed E-state index contributed by atoms with van der Waals surface area (Å²) in [5, 5.41) is 11.9. The van der Waals surface area contributed by atoms with Gasteiger partial charge < -0.3 is 20.5 Å². The van der Waals surface area contributed by atoms with E-state index < -0.39 is 24.0 Å². The molecule has 7 nitrogen and oxygen atoms in total. The number of benzene rings is 2. The fraction of sp³-hybridized carbons (Fsp3) is 0.292. The Labute approximate surface area is 182 Å². The minimum Gasteiger partial charge on any atom is -0.458 e. The average Bonchev–Trinajstić information content (AvgIpc) is 2.76. The Balaban J connectivity index is 1.82. The molecule has 2 unspecified atom stereocenters. The van der Waals surface area contributed by atoms with E-state index >= 15 is 0 Å². The van der Waals surface area contributed by atoms with Gasteiger partial charge in [-0.2, -0.15) is 5.26 Å². The van der Waals surface area contributed by atoms with Gasteiger partial charge in [0.15, 0.2) is 0 Å². The molecule has 0 radical (unpaired) electrons. The van der Waals surface area contributed by atoms with Gasteiger partial charge >= 0.3 is 5.97 Å². The Morgan fingerprint density at radius 2 is 1.97 bits per heavy atom. The van der Waals surface area contributed by atoms with E-state index in [4.69, 9.17) is 15.2 Å². The van der Waals surface area contributed by atoms with E-state index in [-0.39, 0.29) is 19.8 Å². The molecule has 0 aliphatic carbocycles. The van der Waals surface area contributed by atoms with Crippen molar-refractivity contribution in [2.75, 3.05) is 13.2 Å². The average molecular weight is 421 g/mol. The van der Waals surface area contributed by atoms with E-state index in [9.17, 15) is 14.9 Å². The molecule has 31 heavy (non-hydrogen) atoms. The van der Waals surface area contributed by atoms with Crippen LogP contribution in [0.2, 0.25) is 0 Å². The first kappa shape index (κ1) is 23.8. The van der Waals surface area contributed by atoms with Crippen LogP contribution in [0.1, 0.15) is 27.0 Å². The number of nitriles is 1. The summed E-state index contributed by atoms with van der Waals surface area (Å²) >= 11 is 0. The third-order valence-corrected chi connectivity index (χ3v) is 4.40. The summed E-state index contributed by atoms with van der Waals surface area (Å²) in [7, 11) is 0. The third kappa shape index (κ3) is 8.05. The Morgan fingerprint density at radius 1 is 1.23 bits per heavy atom. The number of nitrogens with one attached hydrogen (secondary N) is 1. The maximum atomic E-state index is 12.3. The topological polar surface area (TPSA) is 114 Å². The van der Waals surface area contributed by atoms with Crippen LogP contribution in [0.4, 0.5) is 0 Å². The van der Waals surface area contributed by atoms with E-state index in [1.807, 2.05) is 37.3 Å². The van der Waals surface area contributed by atoms with Crippen LogP contribution in [-0.2, 0) is 27.3 Å². The first-order valence-corrected chi connectivity index (χ1v) is 9.88. The van der Waals surface area contributed by atoms with E-state index in [0.717, 1.165) is 16.7 Å². The number of aryl methyl sites for hydroxylation is 1. The Morgan fingerprint density at radius 3 is 2.68 bits per heavy atom. The SMILES string of the molecule is C=CCOC(=O)c1cccc(COCC(C#N)NC(=O)C(N)Cc2cccc(C)c2)c1. The van der Waals surface area contributed by atoms with Gasteiger partial charge in [0.1, 0.15) is 12.6 Å². The number of nitrogens with two attached hydrogens (primary N) is 1. The van der Waals surface area contributed by atoms with Crippen LogP contribution in [-0.4, -0.2) is 37.2 Å². The first-order chi connectivity index (χ1) is 14.9. The van der Waals surface area contributed by atoms with Gasteiger partial charge in [0, 0.05) is 0 Å². The zero-order chi connectivity index (χ0) is 22.6. The van der Waals surface area contributed by atoms with Gasteiger partial charge in [0.2, 0.25) is 5.91 Å². The molecule has 2 atom stereocenters. The third-order valence-electron chi connectivity index (χ3n) is 4.40. The zero-order valence-electron chi connectivity index (χ0n) is 17.5. The fourth-order valence-electron chi connectivity index (χ4n) is 2.88. The molecule has 1 amide bonds. The van der Waals surface area contributed by atoms with Gasteiger partial charge in [-0.25, -0.2) is 4.79 Å². The van der Waals surface area contributed by atoms with Crippen LogP contribution in [0.25, 0.3) is 0 Å². The summed E-state index contributed by atoms with van der Waals surface area (Å²) < 4.78 is 10.6. The molecule has 0 saturated heterocycles. The van der Waals surface area contributed by atoms with Crippen LogP contribution in [0.3, 0.4) is 0 Å². The Kier molecular flexibility index (Phi) is 9.43. The van der Waals surface area contributed by atoms with Gasteiger partial charge in [-0.15, -0.1) is 0 Å². The number of rotatable bonds is 11. The molecule has 0 heterocycles. The molecule has 2 rings (SSSR count). The number of nitrogens with zero attached hydrogens (tertiary/aromatic N) is 1. The second-order valence-electron chi connectivity index (χ2n) is 7.09. The summed E-state index contributed by atoms with van der Waals surface area (Å²) in [4.78, 5) is 24.2. The molecular weight excluding hydrogens is 394 g/mol. The fourth-order valence-corrected chi connectivity index (χ4v) is 2.88. The molecule has 7 heteroatoms. The quantitative estimate of drug-likeness (QED) is 0.425. The molecule has 0 aromatic heterocycles. The molecule has 2 aromatic carbocycles.